The lowest BCUT2D eigenvalue weighted by Gasteiger charge is -2.41. The van der Waals surface area contributed by atoms with Crippen LogP contribution in [0.25, 0.3) is 0 Å². The van der Waals surface area contributed by atoms with Crippen LogP contribution in [0.2, 0.25) is 0 Å². The highest BCUT2D eigenvalue weighted by Crippen LogP contribution is 2.34. The summed E-state index contributed by atoms with van der Waals surface area (Å²) in [5, 5.41) is 3.10. The molecular formula is C19H28N2O3S. The fraction of sp³-hybridized carbons (Fsp3) is 0.632. The summed E-state index contributed by atoms with van der Waals surface area (Å²) in [5.74, 6) is 2.03. The minimum Gasteiger partial charge on any atom is -0.486 e. The van der Waals surface area contributed by atoms with Gasteiger partial charge in [0.2, 0.25) is 5.91 Å². The maximum Gasteiger partial charge on any atom is 0.230 e. The second-order valence-electron chi connectivity index (χ2n) is 7.23. The van der Waals surface area contributed by atoms with Crippen LogP contribution in [0.4, 0.5) is 0 Å². The Hall–Kier alpha value is -1.40. The van der Waals surface area contributed by atoms with Crippen LogP contribution in [0.3, 0.4) is 0 Å². The van der Waals surface area contributed by atoms with E-state index in [0.717, 1.165) is 29.5 Å². The van der Waals surface area contributed by atoms with Crippen LogP contribution >= 0.6 is 11.8 Å². The number of likely N-dealkylation sites (tertiary alicyclic amines) is 1. The van der Waals surface area contributed by atoms with Crippen molar-refractivity contribution in [1.82, 2.24) is 10.2 Å². The van der Waals surface area contributed by atoms with E-state index in [2.05, 4.69) is 24.1 Å². The van der Waals surface area contributed by atoms with Gasteiger partial charge in [-0.3, -0.25) is 9.69 Å². The number of rotatable bonds is 6. The third-order valence-electron chi connectivity index (χ3n) is 4.81. The second-order valence-corrected chi connectivity index (χ2v) is 8.28. The molecule has 2 aliphatic rings. The van der Waals surface area contributed by atoms with Crippen LogP contribution < -0.4 is 14.8 Å². The first kappa shape index (κ1) is 18.4. The molecule has 0 atom stereocenters. The van der Waals surface area contributed by atoms with Gasteiger partial charge in [0.25, 0.3) is 0 Å². The van der Waals surface area contributed by atoms with Crippen molar-refractivity contribution in [2.24, 2.45) is 0 Å². The zero-order valence-corrected chi connectivity index (χ0v) is 16.0. The van der Waals surface area contributed by atoms with Crippen molar-refractivity contribution in [2.75, 3.05) is 38.6 Å². The van der Waals surface area contributed by atoms with E-state index in [1.54, 1.807) is 0 Å². The van der Waals surface area contributed by atoms with Gasteiger partial charge in [-0.2, -0.15) is 0 Å². The van der Waals surface area contributed by atoms with E-state index in [9.17, 15) is 4.79 Å². The molecule has 0 unspecified atom stereocenters. The average Bonchev–Trinajstić information content (AvgIpc) is 2.65. The lowest BCUT2D eigenvalue weighted by Crippen LogP contribution is -2.53. The minimum atomic E-state index is 0.0117. The first-order valence-electron chi connectivity index (χ1n) is 9.09. The van der Waals surface area contributed by atoms with Crippen molar-refractivity contribution < 1.29 is 14.3 Å². The van der Waals surface area contributed by atoms with E-state index in [0.29, 0.717) is 25.5 Å². The quantitative estimate of drug-likeness (QED) is 0.787. The molecule has 3 rings (SSSR count). The van der Waals surface area contributed by atoms with Gasteiger partial charge in [0.15, 0.2) is 11.5 Å². The molecule has 25 heavy (non-hydrogen) atoms. The van der Waals surface area contributed by atoms with Gasteiger partial charge < -0.3 is 14.8 Å². The van der Waals surface area contributed by atoms with Crippen LogP contribution in [-0.4, -0.2) is 54.9 Å². The second kappa shape index (κ2) is 8.32. The number of carbonyl (C=O) groups excluding carboxylic acids is 1. The lowest BCUT2D eigenvalue weighted by molar-refractivity contribution is -0.119. The van der Waals surface area contributed by atoms with Gasteiger partial charge >= 0.3 is 0 Å². The number of piperidine rings is 1. The molecule has 1 saturated heterocycles. The smallest absolute Gasteiger partial charge is 0.230 e. The number of benzene rings is 1. The highest BCUT2D eigenvalue weighted by Gasteiger charge is 2.28. The molecule has 6 heteroatoms. The van der Waals surface area contributed by atoms with E-state index >= 15 is 0 Å². The molecule has 0 aromatic heterocycles. The molecule has 0 spiro atoms. The third-order valence-corrected chi connectivity index (χ3v) is 5.81. The number of nitrogens with zero attached hydrogens (tertiary/aromatic N) is 1. The fourth-order valence-electron chi connectivity index (χ4n) is 3.24. The van der Waals surface area contributed by atoms with E-state index in [1.165, 1.54) is 31.0 Å². The lowest BCUT2D eigenvalue weighted by atomic mass is 9.98. The molecule has 0 bridgehead atoms. The summed E-state index contributed by atoms with van der Waals surface area (Å²) in [4.78, 5) is 15.7. The first-order valence-corrected chi connectivity index (χ1v) is 10.1. The summed E-state index contributed by atoms with van der Waals surface area (Å²) in [6.07, 6.45) is 3.85. The van der Waals surface area contributed by atoms with E-state index in [1.807, 2.05) is 18.2 Å². The Morgan fingerprint density at radius 2 is 1.88 bits per heavy atom. The molecule has 2 aliphatic heterocycles. The van der Waals surface area contributed by atoms with Gasteiger partial charge in [0.05, 0.1) is 5.75 Å². The highest BCUT2D eigenvalue weighted by atomic mass is 32.2. The zero-order chi connectivity index (χ0) is 17.7. The van der Waals surface area contributed by atoms with E-state index < -0.39 is 0 Å². The Labute approximate surface area is 154 Å². The molecule has 1 amide bonds. The molecule has 0 aliphatic carbocycles. The maximum atomic E-state index is 12.2. The van der Waals surface area contributed by atoms with Crippen molar-refractivity contribution in [3.8, 4) is 11.5 Å². The average molecular weight is 365 g/mol. The largest absolute Gasteiger partial charge is 0.486 e. The minimum absolute atomic E-state index is 0.0117. The summed E-state index contributed by atoms with van der Waals surface area (Å²) < 4.78 is 11.1. The molecule has 1 aromatic carbocycles. The van der Waals surface area contributed by atoms with Crippen LogP contribution in [0.1, 0.15) is 33.1 Å². The summed E-state index contributed by atoms with van der Waals surface area (Å²) in [6.45, 7) is 8.55. The number of nitrogens with one attached hydrogen (secondary N) is 1. The number of amides is 1. The highest BCUT2D eigenvalue weighted by molar-refractivity contribution is 8.00. The van der Waals surface area contributed by atoms with Crippen molar-refractivity contribution in [1.29, 1.82) is 0 Å². The summed E-state index contributed by atoms with van der Waals surface area (Å²) >= 11 is 1.53. The van der Waals surface area contributed by atoms with E-state index in [-0.39, 0.29) is 11.4 Å². The van der Waals surface area contributed by atoms with Crippen molar-refractivity contribution in [3.05, 3.63) is 18.2 Å². The molecular weight excluding hydrogens is 336 g/mol. The Balaban J connectivity index is 1.45. The van der Waals surface area contributed by atoms with Gasteiger partial charge in [0.1, 0.15) is 13.2 Å². The van der Waals surface area contributed by atoms with Gasteiger partial charge in [0, 0.05) is 17.0 Å². The van der Waals surface area contributed by atoms with Gasteiger partial charge in [-0.05, 0) is 58.0 Å². The van der Waals surface area contributed by atoms with Gasteiger partial charge in [-0.25, -0.2) is 0 Å². The number of fused-ring (bicyclic) bond motifs is 1. The summed E-state index contributed by atoms with van der Waals surface area (Å²) in [7, 11) is 0. The number of hydrogen-bond acceptors (Lipinski definition) is 5. The molecule has 1 aromatic rings. The van der Waals surface area contributed by atoms with Crippen LogP contribution in [-0.2, 0) is 4.79 Å². The summed E-state index contributed by atoms with van der Waals surface area (Å²) in [6, 6.07) is 5.83. The number of hydrogen-bond donors (Lipinski definition) is 1. The van der Waals surface area contributed by atoms with E-state index in [4.69, 9.17) is 9.47 Å². The topological polar surface area (TPSA) is 50.8 Å². The molecule has 2 heterocycles. The number of thioether (sulfide) groups is 1. The molecule has 0 radical (unpaired) electrons. The predicted molar refractivity (Wildman–Crippen MR) is 101 cm³/mol. The fourth-order valence-corrected chi connectivity index (χ4v) is 3.99. The normalized spacial score (nSPS) is 18.0. The Morgan fingerprint density at radius 1 is 1.16 bits per heavy atom. The molecule has 5 nitrogen and oxygen atoms in total. The Morgan fingerprint density at radius 3 is 2.64 bits per heavy atom. The maximum absolute atomic E-state index is 12.2. The summed E-state index contributed by atoms with van der Waals surface area (Å²) in [5.41, 5.74) is 0.0117. The predicted octanol–water partition coefficient (Wildman–Crippen LogP) is 2.93. The van der Waals surface area contributed by atoms with Gasteiger partial charge in [-0.15, -0.1) is 11.8 Å². The first-order chi connectivity index (χ1) is 12.0. The SMILES string of the molecule is CC(C)(CNC(=O)CSc1ccc2c(c1)OCCO2)N1CCCCC1. The number of ether oxygens (including phenoxy) is 2. The molecule has 1 N–H and O–H groups in total. The van der Waals surface area contributed by atoms with Crippen molar-refractivity contribution in [2.45, 2.75) is 43.5 Å². The van der Waals surface area contributed by atoms with Crippen molar-refractivity contribution in [3.63, 3.8) is 0 Å². The zero-order valence-electron chi connectivity index (χ0n) is 15.2. The van der Waals surface area contributed by atoms with Crippen LogP contribution in [0, 0.1) is 0 Å². The Bertz CT molecular complexity index is 600. The Kier molecular flexibility index (Phi) is 6.12. The van der Waals surface area contributed by atoms with Crippen LogP contribution in [0.15, 0.2) is 23.1 Å². The molecule has 138 valence electrons. The molecule has 1 fully saturated rings. The van der Waals surface area contributed by atoms with Gasteiger partial charge in [-0.1, -0.05) is 6.42 Å². The van der Waals surface area contributed by atoms with Crippen LogP contribution in [0.5, 0.6) is 11.5 Å². The standard InChI is InChI=1S/C19H28N2O3S/c1-19(2,21-8-4-3-5-9-21)14-20-18(22)13-25-15-6-7-16-17(12-15)24-11-10-23-16/h6-7,12H,3-5,8-11,13-14H2,1-2H3,(H,20,22). The third kappa shape index (κ3) is 5.05. The van der Waals surface area contributed by atoms with Crippen molar-refractivity contribution >= 4 is 17.7 Å². The molecule has 0 saturated carbocycles. The number of carbonyl (C=O) groups is 1. The monoisotopic (exact) mass is 364 g/mol.